The Hall–Kier alpha value is -1.69. The normalized spacial score (nSPS) is 8.67. The number of rotatable bonds is 3. The monoisotopic (exact) mass is 162 g/mol. The molecular weight excluding hydrogens is 152 g/mol. The molecule has 0 saturated heterocycles. The molecule has 0 fully saturated rings. The van der Waals surface area contributed by atoms with E-state index >= 15 is 0 Å². The average molecular weight is 162 g/mol. The molecule has 0 bridgehead atoms. The molecule has 1 aromatic rings. The summed E-state index contributed by atoms with van der Waals surface area (Å²) in [6.45, 7) is 2.59. The molecule has 0 unspecified atom stereocenters. The minimum atomic E-state index is 0.658. The molecule has 0 heterocycles. The number of nitrogens with one attached hydrogen (secondary N) is 1. The molecule has 0 radical (unpaired) electrons. The number of nitrogens with zero attached hydrogens (tertiary/aromatic N) is 1. The molecule has 1 rings (SSSR count). The van der Waals surface area contributed by atoms with Gasteiger partial charge in [0.1, 0.15) is 5.75 Å². The van der Waals surface area contributed by atoms with Gasteiger partial charge in [-0.25, -0.2) is 0 Å². The van der Waals surface area contributed by atoms with Crippen LogP contribution >= 0.6 is 0 Å². The maximum atomic E-state index is 8.30. The summed E-state index contributed by atoms with van der Waals surface area (Å²) in [5.41, 5.74) is 0.779. The first-order valence-corrected chi connectivity index (χ1v) is 3.74. The van der Waals surface area contributed by atoms with Crippen LogP contribution in [0.5, 0.6) is 5.75 Å². The molecule has 62 valence electrons. The topological polar surface area (TPSA) is 45.0 Å². The van der Waals surface area contributed by atoms with Crippen molar-refractivity contribution in [3.63, 3.8) is 0 Å². The van der Waals surface area contributed by atoms with Crippen LogP contribution in [0.1, 0.15) is 6.92 Å². The highest BCUT2D eigenvalue weighted by Gasteiger charge is 1.91. The van der Waals surface area contributed by atoms with Gasteiger partial charge in [-0.15, -0.1) is 0 Å². The van der Waals surface area contributed by atoms with Gasteiger partial charge >= 0.3 is 0 Å². The van der Waals surface area contributed by atoms with Gasteiger partial charge in [0.25, 0.3) is 0 Å². The van der Waals surface area contributed by atoms with Crippen molar-refractivity contribution in [2.75, 3.05) is 11.9 Å². The molecule has 0 aliphatic rings. The first-order chi connectivity index (χ1) is 5.86. The van der Waals surface area contributed by atoms with E-state index in [1.165, 1.54) is 0 Å². The fraction of sp³-hybridized carbons (Fsp3) is 0.222. The summed E-state index contributed by atoms with van der Waals surface area (Å²) in [7, 11) is 0. The lowest BCUT2D eigenvalue weighted by molar-refractivity contribution is 0.340. The SMILES string of the molecule is CCOc1ccc(NC#N)cc1. The van der Waals surface area contributed by atoms with E-state index in [0.29, 0.717) is 6.61 Å². The standard InChI is InChI=1S/C9H10N2O/c1-2-12-9-5-3-8(4-6-9)11-7-10/h3-6,11H,2H2,1H3. The molecule has 0 aromatic heterocycles. The van der Waals surface area contributed by atoms with E-state index in [0.717, 1.165) is 11.4 Å². The number of nitriles is 1. The van der Waals surface area contributed by atoms with E-state index < -0.39 is 0 Å². The van der Waals surface area contributed by atoms with Crippen molar-refractivity contribution >= 4 is 5.69 Å². The molecule has 0 spiro atoms. The molecule has 1 aromatic carbocycles. The van der Waals surface area contributed by atoms with Gasteiger partial charge in [0.2, 0.25) is 0 Å². The maximum absolute atomic E-state index is 8.30. The van der Waals surface area contributed by atoms with Crippen LogP contribution in [0.4, 0.5) is 5.69 Å². The largest absolute Gasteiger partial charge is 0.494 e. The molecule has 1 N–H and O–H groups in total. The fourth-order valence-electron chi connectivity index (χ4n) is 0.866. The smallest absolute Gasteiger partial charge is 0.181 e. The molecule has 0 amide bonds. The molecule has 0 aliphatic heterocycles. The summed E-state index contributed by atoms with van der Waals surface area (Å²) in [6, 6.07) is 7.24. The van der Waals surface area contributed by atoms with Crippen molar-refractivity contribution in [3.05, 3.63) is 24.3 Å². The molecule has 0 saturated carbocycles. The van der Waals surface area contributed by atoms with Crippen LogP contribution in [0.3, 0.4) is 0 Å². The number of ether oxygens (including phenoxy) is 1. The Morgan fingerprint density at radius 3 is 2.58 bits per heavy atom. The number of hydrogen-bond acceptors (Lipinski definition) is 3. The third-order valence-electron chi connectivity index (χ3n) is 1.37. The van der Waals surface area contributed by atoms with Crippen molar-refractivity contribution in [1.82, 2.24) is 0 Å². The van der Waals surface area contributed by atoms with E-state index in [1.54, 1.807) is 12.1 Å². The maximum Gasteiger partial charge on any atom is 0.181 e. The lowest BCUT2D eigenvalue weighted by Gasteiger charge is -2.02. The predicted molar refractivity (Wildman–Crippen MR) is 46.8 cm³/mol. The van der Waals surface area contributed by atoms with Gasteiger partial charge in [-0.1, -0.05) is 0 Å². The Kier molecular flexibility index (Phi) is 2.97. The summed E-state index contributed by atoms with van der Waals surface area (Å²) >= 11 is 0. The van der Waals surface area contributed by atoms with Crippen LogP contribution in [0, 0.1) is 11.5 Å². The minimum absolute atomic E-state index is 0.658. The molecule has 0 aliphatic carbocycles. The van der Waals surface area contributed by atoms with Gasteiger partial charge in [0, 0.05) is 5.69 Å². The second-order valence-corrected chi connectivity index (χ2v) is 2.19. The lowest BCUT2D eigenvalue weighted by atomic mass is 10.3. The van der Waals surface area contributed by atoms with E-state index in [4.69, 9.17) is 10.00 Å². The Morgan fingerprint density at radius 1 is 1.42 bits per heavy atom. The highest BCUT2D eigenvalue weighted by molar-refractivity contribution is 5.48. The van der Waals surface area contributed by atoms with Gasteiger partial charge in [-0.05, 0) is 31.2 Å². The Bertz CT molecular complexity index is 274. The van der Waals surface area contributed by atoms with Crippen LogP contribution in [0.2, 0.25) is 0 Å². The summed E-state index contributed by atoms with van der Waals surface area (Å²) in [5, 5.41) is 10.8. The lowest BCUT2D eigenvalue weighted by Crippen LogP contribution is -1.91. The van der Waals surface area contributed by atoms with Gasteiger partial charge in [0.05, 0.1) is 6.61 Å². The summed E-state index contributed by atoms with van der Waals surface area (Å²) in [6.07, 6.45) is 1.84. The van der Waals surface area contributed by atoms with Gasteiger partial charge < -0.3 is 4.74 Å². The Morgan fingerprint density at radius 2 is 2.08 bits per heavy atom. The highest BCUT2D eigenvalue weighted by Crippen LogP contribution is 2.14. The van der Waals surface area contributed by atoms with Crippen molar-refractivity contribution in [3.8, 4) is 11.9 Å². The van der Waals surface area contributed by atoms with Gasteiger partial charge in [-0.3, -0.25) is 5.32 Å². The predicted octanol–water partition coefficient (Wildman–Crippen LogP) is 1.98. The first-order valence-electron chi connectivity index (χ1n) is 3.74. The third kappa shape index (κ3) is 2.17. The zero-order valence-electron chi connectivity index (χ0n) is 6.87. The van der Waals surface area contributed by atoms with Gasteiger partial charge in [0.15, 0.2) is 6.19 Å². The van der Waals surface area contributed by atoms with E-state index in [-0.39, 0.29) is 0 Å². The quantitative estimate of drug-likeness (QED) is 0.546. The number of anilines is 1. The van der Waals surface area contributed by atoms with Crippen LogP contribution in [0.15, 0.2) is 24.3 Å². The molecule has 3 heteroatoms. The minimum Gasteiger partial charge on any atom is -0.494 e. The second kappa shape index (κ2) is 4.24. The molecule has 12 heavy (non-hydrogen) atoms. The van der Waals surface area contributed by atoms with E-state index in [1.807, 2.05) is 25.2 Å². The van der Waals surface area contributed by atoms with Crippen molar-refractivity contribution < 1.29 is 4.74 Å². The zero-order valence-corrected chi connectivity index (χ0v) is 6.87. The highest BCUT2D eigenvalue weighted by atomic mass is 16.5. The van der Waals surface area contributed by atoms with Crippen molar-refractivity contribution in [2.45, 2.75) is 6.92 Å². The third-order valence-corrected chi connectivity index (χ3v) is 1.37. The van der Waals surface area contributed by atoms with Crippen LogP contribution in [-0.2, 0) is 0 Å². The average Bonchev–Trinajstić information content (AvgIpc) is 2.09. The summed E-state index contributed by atoms with van der Waals surface area (Å²) in [5.74, 6) is 0.820. The van der Waals surface area contributed by atoms with Crippen LogP contribution < -0.4 is 10.1 Å². The Balaban J connectivity index is 2.66. The summed E-state index contributed by atoms with van der Waals surface area (Å²) < 4.78 is 5.23. The first kappa shape index (κ1) is 8.41. The molecule has 3 nitrogen and oxygen atoms in total. The van der Waals surface area contributed by atoms with Crippen LogP contribution in [-0.4, -0.2) is 6.61 Å². The van der Waals surface area contributed by atoms with E-state index in [9.17, 15) is 0 Å². The Labute approximate surface area is 71.6 Å². The van der Waals surface area contributed by atoms with Crippen LogP contribution in [0.25, 0.3) is 0 Å². The summed E-state index contributed by atoms with van der Waals surface area (Å²) in [4.78, 5) is 0. The van der Waals surface area contributed by atoms with Crippen molar-refractivity contribution in [2.24, 2.45) is 0 Å². The zero-order chi connectivity index (χ0) is 8.81. The number of benzene rings is 1. The number of hydrogen-bond donors (Lipinski definition) is 1. The molecular formula is C9H10N2O. The fourth-order valence-corrected chi connectivity index (χ4v) is 0.866. The van der Waals surface area contributed by atoms with Crippen molar-refractivity contribution in [1.29, 1.82) is 5.26 Å². The van der Waals surface area contributed by atoms with E-state index in [2.05, 4.69) is 5.32 Å². The van der Waals surface area contributed by atoms with Gasteiger partial charge in [-0.2, -0.15) is 5.26 Å². The molecule has 0 atom stereocenters. The second-order valence-electron chi connectivity index (χ2n) is 2.19.